The Bertz CT molecular complexity index is 1140. The zero-order chi connectivity index (χ0) is 22.0. The van der Waals surface area contributed by atoms with Gasteiger partial charge in [-0.05, 0) is 36.1 Å². The maximum Gasteiger partial charge on any atom is 0.137 e. The Morgan fingerprint density at radius 1 is 1.26 bits per heavy atom. The van der Waals surface area contributed by atoms with Crippen LogP contribution in [0.5, 0.6) is 0 Å². The first kappa shape index (κ1) is 21.0. The van der Waals surface area contributed by atoms with Crippen LogP contribution in [-0.2, 0) is 12.1 Å². The summed E-state index contributed by atoms with van der Waals surface area (Å²) < 4.78 is 29.8. The van der Waals surface area contributed by atoms with Crippen molar-refractivity contribution in [2.45, 2.75) is 25.1 Å². The summed E-state index contributed by atoms with van der Waals surface area (Å²) in [5.41, 5.74) is 0.515. The van der Waals surface area contributed by atoms with E-state index in [-0.39, 0.29) is 12.1 Å². The molecule has 0 amide bonds. The van der Waals surface area contributed by atoms with Gasteiger partial charge in [0.1, 0.15) is 29.9 Å². The van der Waals surface area contributed by atoms with Crippen molar-refractivity contribution in [3.05, 3.63) is 88.9 Å². The molecule has 6 nitrogen and oxygen atoms in total. The molecule has 3 aromatic rings. The minimum absolute atomic E-state index is 0.0204. The van der Waals surface area contributed by atoms with Crippen LogP contribution >= 0.6 is 11.8 Å². The number of hydrogen-bond acceptors (Lipinski definition) is 6. The van der Waals surface area contributed by atoms with Gasteiger partial charge in [0.05, 0.1) is 35.8 Å². The summed E-state index contributed by atoms with van der Waals surface area (Å²) in [5.74, 6) is -1.00. The number of thioether (sulfide) groups is 1. The topological polar surface area (TPSA) is 78.0 Å². The normalized spacial score (nSPS) is 16.5. The Morgan fingerprint density at radius 2 is 2.03 bits per heavy atom. The fourth-order valence-corrected chi connectivity index (χ4v) is 4.73. The highest BCUT2D eigenvalue weighted by molar-refractivity contribution is 8.02. The van der Waals surface area contributed by atoms with Crippen molar-refractivity contribution >= 4 is 17.5 Å². The predicted octanol–water partition coefficient (Wildman–Crippen LogP) is 3.71. The predicted molar refractivity (Wildman–Crippen MR) is 113 cm³/mol. The van der Waals surface area contributed by atoms with Crippen LogP contribution in [-0.4, -0.2) is 36.7 Å². The number of hydrogen-bond donors (Lipinski definition) is 1. The van der Waals surface area contributed by atoms with Crippen LogP contribution in [0.4, 0.5) is 8.78 Å². The molecule has 0 bridgehead atoms. The Morgan fingerprint density at radius 3 is 2.68 bits per heavy atom. The van der Waals surface area contributed by atoms with E-state index in [9.17, 15) is 13.9 Å². The molecule has 1 aliphatic rings. The number of nitrogens with zero attached hydrogens (tertiary/aromatic N) is 5. The molecule has 2 aromatic carbocycles. The molecule has 0 radical (unpaired) electrons. The second-order valence-electron chi connectivity index (χ2n) is 7.28. The van der Waals surface area contributed by atoms with Crippen molar-refractivity contribution in [2.24, 2.45) is 0 Å². The summed E-state index contributed by atoms with van der Waals surface area (Å²) >= 11 is 1.55. The largest absolute Gasteiger partial charge is 0.381 e. The van der Waals surface area contributed by atoms with E-state index < -0.39 is 23.3 Å². The molecule has 0 spiro atoms. The minimum Gasteiger partial charge on any atom is -0.381 e. The van der Waals surface area contributed by atoms with E-state index >= 15 is 0 Å². The monoisotopic (exact) mass is 439 g/mol. The standard InChI is InChI=1S/C22H19F2N5OS/c1-15(29-14-31-10-21(29)17-4-2-16(9-25)3-5-17)22(30,11-28-13-26-12-27-28)19-7-6-18(23)8-20(19)24/h2-8,10,12-13,15,30H,11,14H2,1H3/t15-,22+/m0/s1. The van der Waals surface area contributed by atoms with Crippen molar-refractivity contribution in [1.29, 1.82) is 5.26 Å². The van der Waals surface area contributed by atoms with Gasteiger partial charge < -0.3 is 10.0 Å². The molecule has 9 heteroatoms. The molecule has 2 atom stereocenters. The van der Waals surface area contributed by atoms with Crippen molar-refractivity contribution in [3.63, 3.8) is 0 Å². The average Bonchev–Trinajstić information content (AvgIpc) is 3.45. The lowest BCUT2D eigenvalue weighted by molar-refractivity contribution is -0.0442. The van der Waals surface area contributed by atoms with Gasteiger partial charge in [-0.2, -0.15) is 10.4 Å². The van der Waals surface area contributed by atoms with Crippen LogP contribution in [0.25, 0.3) is 5.70 Å². The highest BCUT2D eigenvalue weighted by atomic mass is 32.2. The summed E-state index contributed by atoms with van der Waals surface area (Å²) in [7, 11) is 0. The molecule has 31 heavy (non-hydrogen) atoms. The van der Waals surface area contributed by atoms with Gasteiger partial charge in [0.2, 0.25) is 0 Å². The van der Waals surface area contributed by atoms with Crippen LogP contribution in [0.15, 0.2) is 60.5 Å². The molecule has 1 aliphatic heterocycles. The van der Waals surface area contributed by atoms with Crippen LogP contribution in [0, 0.1) is 23.0 Å². The summed E-state index contributed by atoms with van der Waals surface area (Å²) in [6, 6.07) is 11.8. The highest BCUT2D eigenvalue weighted by Gasteiger charge is 2.43. The maximum absolute atomic E-state index is 14.8. The molecule has 0 saturated carbocycles. The Labute approximate surface area is 182 Å². The fraction of sp³-hybridized carbons (Fsp3) is 0.227. The number of nitriles is 1. The Balaban J connectivity index is 1.73. The third kappa shape index (κ3) is 4.04. The second-order valence-corrected chi connectivity index (χ2v) is 8.10. The van der Waals surface area contributed by atoms with Gasteiger partial charge in [-0.3, -0.25) is 0 Å². The van der Waals surface area contributed by atoms with E-state index in [1.165, 1.54) is 23.4 Å². The first-order valence-corrected chi connectivity index (χ1v) is 10.6. The van der Waals surface area contributed by atoms with Crippen molar-refractivity contribution in [3.8, 4) is 6.07 Å². The average molecular weight is 439 g/mol. The van der Waals surface area contributed by atoms with Crippen LogP contribution in [0.3, 0.4) is 0 Å². The number of rotatable bonds is 6. The molecule has 0 aliphatic carbocycles. The van der Waals surface area contributed by atoms with Gasteiger partial charge in [0, 0.05) is 11.6 Å². The first-order chi connectivity index (χ1) is 14.9. The number of halogens is 2. The zero-order valence-corrected chi connectivity index (χ0v) is 17.4. The van der Waals surface area contributed by atoms with Crippen molar-refractivity contribution in [2.75, 3.05) is 5.88 Å². The third-order valence-electron chi connectivity index (χ3n) is 5.45. The van der Waals surface area contributed by atoms with E-state index in [4.69, 9.17) is 5.26 Å². The number of aromatic nitrogens is 3. The Hall–Kier alpha value is -3.22. The van der Waals surface area contributed by atoms with E-state index in [1.807, 2.05) is 22.4 Å². The number of benzene rings is 2. The van der Waals surface area contributed by atoms with Gasteiger partial charge in [-0.1, -0.05) is 18.2 Å². The SMILES string of the molecule is C[C@H](N1CSC=C1c1ccc(C#N)cc1)[C@](O)(Cn1cncn1)c1ccc(F)cc1F. The summed E-state index contributed by atoms with van der Waals surface area (Å²) in [4.78, 5) is 5.87. The molecule has 1 aromatic heterocycles. The second kappa shape index (κ2) is 8.49. The summed E-state index contributed by atoms with van der Waals surface area (Å²) in [5, 5.41) is 26.9. The molecule has 0 fully saturated rings. The van der Waals surface area contributed by atoms with Gasteiger partial charge >= 0.3 is 0 Å². The minimum atomic E-state index is -1.73. The van der Waals surface area contributed by atoms with E-state index in [0.29, 0.717) is 11.4 Å². The molecule has 2 heterocycles. The van der Waals surface area contributed by atoms with Crippen molar-refractivity contribution in [1.82, 2.24) is 19.7 Å². The third-order valence-corrected chi connectivity index (χ3v) is 6.27. The molecule has 0 unspecified atom stereocenters. The van der Waals surface area contributed by atoms with Gasteiger partial charge in [0.15, 0.2) is 0 Å². The maximum atomic E-state index is 14.8. The van der Waals surface area contributed by atoms with Gasteiger partial charge in [-0.25, -0.2) is 18.4 Å². The fourth-order valence-electron chi connectivity index (χ4n) is 3.71. The zero-order valence-electron chi connectivity index (χ0n) is 16.6. The Kier molecular flexibility index (Phi) is 5.76. The number of aliphatic hydroxyl groups is 1. The van der Waals surface area contributed by atoms with Gasteiger partial charge in [-0.15, -0.1) is 11.8 Å². The molecular formula is C22H19F2N5OS. The van der Waals surface area contributed by atoms with E-state index in [1.54, 1.807) is 30.8 Å². The lowest BCUT2D eigenvalue weighted by Crippen LogP contribution is -2.50. The summed E-state index contributed by atoms with van der Waals surface area (Å²) in [6.07, 6.45) is 2.77. The van der Waals surface area contributed by atoms with Crippen molar-refractivity contribution < 1.29 is 13.9 Å². The lowest BCUT2D eigenvalue weighted by Gasteiger charge is -2.41. The van der Waals surface area contributed by atoms with Crippen LogP contribution in [0.2, 0.25) is 0 Å². The lowest BCUT2D eigenvalue weighted by atomic mass is 9.85. The van der Waals surface area contributed by atoms with E-state index in [0.717, 1.165) is 23.4 Å². The van der Waals surface area contributed by atoms with E-state index in [2.05, 4.69) is 16.2 Å². The smallest absolute Gasteiger partial charge is 0.137 e. The summed E-state index contributed by atoms with van der Waals surface area (Å²) in [6.45, 7) is 1.72. The molecule has 4 rings (SSSR count). The quantitative estimate of drug-likeness (QED) is 0.631. The molecule has 1 N–H and O–H groups in total. The highest BCUT2D eigenvalue weighted by Crippen LogP contribution is 2.40. The van der Waals surface area contributed by atoms with Crippen LogP contribution < -0.4 is 0 Å². The van der Waals surface area contributed by atoms with Crippen LogP contribution in [0.1, 0.15) is 23.6 Å². The first-order valence-electron chi connectivity index (χ1n) is 9.51. The molecular weight excluding hydrogens is 420 g/mol. The molecule has 0 saturated heterocycles. The molecule has 158 valence electrons. The van der Waals surface area contributed by atoms with Gasteiger partial charge in [0.25, 0.3) is 0 Å².